The van der Waals surface area contributed by atoms with Crippen LogP contribution in [0.25, 0.3) is 0 Å². The molecule has 9 nitrogen and oxygen atoms in total. The minimum absolute atomic E-state index is 0.0783. The summed E-state index contributed by atoms with van der Waals surface area (Å²) in [5.74, 6) is -12.7. The summed E-state index contributed by atoms with van der Waals surface area (Å²) in [5, 5.41) is 39.1. The maximum Gasteiger partial charge on any atom is 0.336 e. The molecule has 0 amide bonds. The van der Waals surface area contributed by atoms with Crippen LogP contribution >= 0.6 is 0 Å². The lowest BCUT2D eigenvalue weighted by atomic mass is 9.62. The van der Waals surface area contributed by atoms with E-state index in [2.05, 4.69) is 0 Å². The highest BCUT2D eigenvalue weighted by Gasteiger charge is 2.49. The van der Waals surface area contributed by atoms with Gasteiger partial charge in [-0.25, -0.2) is 32.3 Å². The fourth-order valence-electron chi connectivity index (χ4n) is 5.15. The van der Waals surface area contributed by atoms with Crippen molar-refractivity contribution in [1.29, 1.82) is 0 Å². The van der Waals surface area contributed by atoms with Gasteiger partial charge in [0.25, 0.3) is 0 Å². The van der Waals surface area contributed by atoms with Gasteiger partial charge in [-0.15, -0.1) is 0 Å². The van der Waals surface area contributed by atoms with E-state index in [4.69, 9.17) is 4.74 Å². The van der Waals surface area contributed by atoms with E-state index in [0.29, 0.717) is 6.07 Å². The van der Waals surface area contributed by atoms with Crippen molar-refractivity contribution < 1.29 is 57.5 Å². The molecule has 0 saturated carbocycles. The molecular formula is C29H15F3O9. The fourth-order valence-corrected chi connectivity index (χ4v) is 5.15. The lowest BCUT2D eigenvalue weighted by Crippen LogP contribution is -2.36. The van der Waals surface area contributed by atoms with Crippen LogP contribution in [0.5, 0.6) is 11.5 Å². The van der Waals surface area contributed by atoms with Crippen LogP contribution in [0.4, 0.5) is 13.2 Å². The number of rotatable bonds is 6. The number of benzene rings is 4. The van der Waals surface area contributed by atoms with Crippen LogP contribution in [-0.4, -0.2) is 44.3 Å². The van der Waals surface area contributed by atoms with Crippen LogP contribution in [0.3, 0.4) is 0 Å². The summed E-state index contributed by atoms with van der Waals surface area (Å²) in [6.45, 7) is 0. The third kappa shape index (κ3) is 3.95. The minimum atomic E-state index is -2.20. The zero-order valence-corrected chi connectivity index (χ0v) is 20.3. The molecule has 12 heteroatoms. The zero-order valence-electron chi connectivity index (χ0n) is 20.3. The lowest BCUT2D eigenvalue weighted by molar-refractivity contribution is 0.0650. The Bertz CT molecular complexity index is 1740. The molecule has 0 unspecified atom stereocenters. The van der Waals surface area contributed by atoms with Gasteiger partial charge in [-0.3, -0.25) is 0 Å². The molecular weight excluding hydrogens is 549 g/mol. The highest BCUT2D eigenvalue weighted by atomic mass is 19.2. The van der Waals surface area contributed by atoms with E-state index in [1.54, 1.807) is 6.07 Å². The number of carbonyl (C=O) groups is 4. The van der Waals surface area contributed by atoms with Gasteiger partial charge in [-0.1, -0.05) is 36.4 Å². The molecule has 0 aromatic heterocycles. The first kappa shape index (κ1) is 26.9. The summed E-state index contributed by atoms with van der Waals surface area (Å²) in [4.78, 5) is 48.2. The van der Waals surface area contributed by atoms with Gasteiger partial charge < -0.3 is 25.2 Å². The number of hydrogen-bond acceptors (Lipinski definition) is 5. The highest BCUT2D eigenvalue weighted by Crippen LogP contribution is 2.57. The Hall–Kier alpha value is -5.65. The molecule has 206 valence electrons. The second-order valence-electron chi connectivity index (χ2n) is 8.95. The number of fused-ring (bicyclic) bond motifs is 2. The van der Waals surface area contributed by atoms with E-state index in [1.807, 2.05) is 0 Å². The van der Waals surface area contributed by atoms with Gasteiger partial charge in [0.05, 0.1) is 27.7 Å². The smallest absolute Gasteiger partial charge is 0.336 e. The molecule has 4 aromatic rings. The Morgan fingerprint density at radius 3 is 1.44 bits per heavy atom. The molecule has 1 aliphatic rings. The van der Waals surface area contributed by atoms with Crippen molar-refractivity contribution in [2.45, 2.75) is 5.41 Å². The monoisotopic (exact) mass is 564 g/mol. The molecule has 0 atom stereocenters. The Labute approximate surface area is 227 Å². The van der Waals surface area contributed by atoms with Crippen LogP contribution in [-0.2, 0) is 5.41 Å². The van der Waals surface area contributed by atoms with Crippen molar-refractivity contribution in [2.75, 3.05) is 0 Å². The predicted octanol–water partition coefficient (Wildman–Crippen LogP) is 5.39. The number of carboxylic acids is 4. The number of hydrogen-bond donors (Lipinski definition) is 4. The lowest BCUT2D eigenvalue weighted by Gasteiger charge is -2.42. The summed E-state index contributed by atoms with van der Waals surface area (Å²) in [6, 6.07) is 12.2. The molecule has 0 saturated heterocycles. The Balaban J connectivity index is 2.09. The molecule has 1 heterocycles. The number of halogens is 3. The van der Waals surface area contributed by atoms with E-state index in [-0.39, 0.29) is 28.2 Å². The highest BCUT2D eigenvalue weighted by molar-refractivity contribution is 6.04. The van der Waals surface area contributed by atoms with Gasteiger partial charge in [-0.05, 0) is 35.9 Å². The summed E-state index contributed by atoms with van der Waals surface area (Å²) in [5.41, 5.74) is -6.29. The molecule has 0 radical (unpaired) electrons. The number of carboxylic acid groups (broad SMARTS) is 4. The van der Waals surface area contributed by atoms with Crippen LogP contribution < -0.4 is 4.74 Å². The number of aromatic carboxylic acids is 4. The van der Waals surface area contributed by atoms with Gasteiger partial charge in [0.1, 0.15) is 11.5 Å². The Morgan fingerprint density at radius 2 is 1.00 bits per heavy atom. The van der Waals surface area contributed by atoms with E-state index in [9.17, 15) is 48.4 Å². The van der Waals surface area contributed by atoms with Gasteiger partial charge in [0, 0.05) is 16.7 Å². The molecule has 5 rings (SSSR count). The van der Waals surface area contributed by atoms with E-state index in [1.165, 1.54) is 24.3 Å². The minimum Gasteiger partial charge on any atom is -0.478 e. The zero-order chi connectivity index (χ0) is 29.8. The second kappa shape index (κ2) is 9.52. The largest absolute Gasteiger partial charge is 0.478 e. The van der Waals surface area contributed by atoms with Gasteiger partial charge in [0.15, 0.2) is 17.5 Å². The second-order valence-corrected chi connectivity index (χ2v) is 8.95. The van der Waals surface area contributed by atoms with Crippen molar-refractivity contribution in [3.05, 3.63) is 129 Å². The van der Waals surface area contributed by atoms with E-state index in [0.717, 1.165) is 30.3 Å². The van der Waals surface area contributed by atoms with Crippen molar-refractivity contribution in [2.24, 2.45) is 0 Å². The Kier molecular flexibility index (Phi) is 6.25. The molecule has 0 aliphatic carbocycles. The van der Waals surface area contributed by atoms with E-state index < -0.39 is 74.6 Å². The summed E-state index contributed by atoms with van der Waals surface area (Å²) < 4.78 is 50.6. The van der Waals surface area contributed by atoms with Gasteiger partial charge in [0.2, 0.25) is 0 Å². The summed E-state index contributed by atoms with van der Waals surface area (Å²) >= 11 is 0. The molecule has 4 N–H and O–H groups in total. The first-order valence-electron chi connectivity index (χ1n) is 11.6. The first-order chi connectivity index (χ1) is 19.4. The maximum atomic E-state index is 15.8. The van der Waals surface area contributed by atoms with Crippen molar-refractivity contribution in [3.8, 4) is 11.5 Å². The molecule has 4 aromatic carbocycles. The summed E-state index contributed by atoms with van der Waals surface area (Å²) in [7, 11) is 0. The van der Waals surface area contributed by atoms with Crippen LogP contribution in [0, 0.1) is 17.5 Å². The maximum absolute atomic E-state index is 15.8. The molecule has 1 aliphatic heterocycles. The quantitative estimate of drug-likeness (QED) is 0.199. The van der Waals surface area contributed by atoms with Crippen molar-refractivity contribution >= 4 is 23.9 Å². The van der Waals surface area contributed by atoms with Crippen molar-refractivity contribution in [3.63, 3.8) is 0 Å². The fraction of sp³-hybridized carbons (Fsp3) is 0.0345. The molecule has 41 heavy (non-hydrogen) atoms. The molecule has 0 fully saturated rings. The molecule has 0 spiro atoms. The third-order valence-electron chi connectivity index (χ3n) is 6.84. The van der Waals surface area contributed by atoms with Crippen LogP contribution in [0.1, 0.15) is 63.7 Å². The van der Waals surface area contributed by atoms with Gasteiger partial charge in [-0.2, -0.15) is 0 Å². The average molecular weight is 564 g/mol. The SMILES string of the molecule is O=C(O)c1cc2c(cc1C(=O)O)C(c1ccccc1)(c1ccc(F)c(F)c1F)c1cc(C(=O)O)c(C(=O)O)cc1O2. The van der Waals surface area contributed by atoms with Crippen LogP contribution in [0.15, 0.2) is 66.7 Å². The standard InChI is InChI=1S/C29H15F3O9/c30-20-7-6-17(23(31)24(20)32)29(12-4-2-1-3-5-12)18-8-13(25(33)34)15(27(37)38)10-21(18)41-22-11-16(28(39)40)14(26(35)36)9-19(22)29/h1-11H,(H,33,34)(H,35,36)(H,37,38)(H,39,40). The third-order valence-corrected chi connectivity index (χ3v) is 6.84. The predicted molar refractivity (Wildman–Crippen MR) is 133 cm³/mol. The van der Waals surface area contributed by atoms with Gasteiger partial charge >= 0.3 is 23.9 Å². The summed E-state index contributed by atoms with van der Waals surface area (Å²) in [6.07, 6.45) is 0. The molecule has 0 bridgehead atoms. The number of ether oxygens (including phenoxy) is 1. The van der Waals surface area contributed by atoms with Crippen molar-refractivity contribution in [1.82, 2.24) is 0 Å². The van der Waals surface area contributed by atoms with E-state index >= 15 is 4.39 Å². The topological polar surface area (TPSA) is 158 Å². The van der Waals surface area contributed by atoms with Crippen LogP contribution in [0.2, 0.25) is 0 Å². The first-order valence-corrected chi connectivity index (χ1v) is 11.6. The average Bonchev–Trinajstić information content (AvgIpc) is 2.94. The normalized spacial score (nSPS) is 13.0. The Morgan fingerprint density at radius 1 is 0.561 bits per heavy atom.